The molecule has 0 spiro atoms. The van der Waals surface area contributed by atoms with Gasteiger partial charge in [0.15, 0.2) is 0 Å². The van der Waals surface area contributed by atoms with E-state index in [4.69, 9.17) is 0 Å². The molecule has 18 heavy (non-hydrogen) atoms. The molecule has 1 amide bonds. The van der Waals surface area contributed by atoms with Crippen LogP contribution in [0.15, 0.2) is 39.8 Å². The number of nitrogens with one attached hydrogen (secondary N) is 1. The van der Waals surface area contributed by atoms with E-state index in [9.17, 15) is 9.90 Å². The third-order valence-electron chi connectivity index (χ3n) is 2.35. The van der Waals surface area contributed by atoms with E-state index in [1.807, 2.05) is 16.8 Å². The fourth-order valence-electron chi connectivity index (χ4n) is 1.41. The van der Waals surface area contributed by atoms with Crippen molar-refractivity contribution in [1.82, 2.24) is 10.3 Å². The lowest BCUT2D eigenvalue weighted by Gasteiger charge is -2.10. The minimum absolute atomic E-state index is 0.183. The normalized spacial score (nSPS) is 12.1. The first-order chi connectivity index (χ1) is 8.66. The first-order valence-electron chi connectivity index (χ1n) is 5.25. The van der Waals surface area contributed by atoms with E-state index in [-0.39, 0.29) is 12.5 Å². The van der Waals surface area contributed by atoms with E-state index in [0.29, 0.717) is 5.56 Å². The Hall–Kier alpha value is -1.24. The molecule has 0 aliphatic rings. The zero-order valence-electron chi connectivity index (χ0n) is 9.34. The molecule has 0 saturated heterocycles. The van der Waals surface area contributed by atoms with Crippen molar-refractivity contribution in [2.45, 2.75) is 6.10 Å². The van der Waals surface area contributed by atoms with E-state index in [1.165, 1.54) is 17.5 Å². The number of hydrogen-bond donors (Lipinski definition) is 2. The Bertz CT molecular complexity index is 531. The summed E-state index contributed by atoms with van der Waals surface area (Å²) in [6.07, 6.45) is 2.41. The van der Waals surface area contributed by atoms with Crippen molar-refractivity contribution in [2.24, 2.45) is 0 Å². The van der Waals surface area contributed by atoms with Gasteiger partial charge >= 0.3 is 0 Å². The number of thiophene rings is 1. The number of rotatable bonds is 4. The SMILES string of the molecule is O=C(NCC(O)c1ccsc1)c1cncc(Br)c1. The van der Waals surface area contributed by atoms with Crippen LogP contribution in [0, 0.1) is 0 Å². The molecule has 0 fully saturated rings. The van der Waals surface area contributed by atoms with Gasteiger partial charge in [-0.2, -0.15) is 11.3 Å². The van der Waals surface area contributed by atoms with E-state index >= 15 is 0 Å². The topological polar surface area (TPSA) is 62.2 Å². The van der Waals surface area contributed by atoms with Crippen LogP contribution in [0.2, 0.25) is 0 Å². The first kappa shape index (κ1) is 13.2. The Morgan fingerprint density at radius 2 is 2.39 bits per heavy atom. The van der Waals surface area contributed by atoms with Gasteiger partial charge in [0.25, 0.3) is 5.91 Å². The van der Waals surface area contributed by atoms with E-state index in [2.05, 4.69) is 26.2 Å². The smallest absolute Gasteiger partial charge is 0.252 e. The molecule has 94 valence electrons. The Balaban J connectivity index is 1.92. The van der Waals surface area contributed by atoms with Crippen molar-refractivity contribution < 1.29 is 9.90 Å². The van der Waals surface area contributed by atoms with Crippen LogP contribution in [0.1, 0.15) is 22.0 Å². The molecule has 6 heteroatoms. The van der Waals surface area contributed by atoms with Gasteiger partial charge < -0.3 is 10.4 Å². The van der Waals surface area contributed by atoms with Crippen molar-refractivity contribution in [3.05, 3.63) is 50.9 Å². The monoisotopic (exact) mass is 326 g/mol. The number of carbonyl (C=O) groups is 1. The van der Waals surface area contributed by atoms with E-state index in [1.54, 1.807) is 12.3 Å². The van der Waals surface area contributed by atoms with Gasteiger partial charge in [0.05, 0.1) is 11.7 Å². The molecule has 1 atom stereocenters. The molecule has 0 bridgehead atoms. The number of aromatic nitrogens is 1. The molecule has 2 aromatic heterocycles. The minimum Gasteiger partial charge on any atom is -0.387 e. The predicted octanol–water partition coefficient (Wildman–Crippen LogP) is 2.37. The third kappa shape index (κ3) is 3.38. The van der Waals surface area contributed by atoms with Gasteiger partial charge in [-0.25, -0.2) is 0 Å². The van der Waals surface area contributed by atoms with Gasteiger partial charge in [0, 0.05) is 23.4 Å². The van der Waals surface area contributed by atoms with Crippen LogP contribution in [0.4, 0.5) is 0 Å². The van der Waals surface area contributed by atoms with Crippen LogP contribution in [-0.2, 0) is 0 Å². The molecule has 0 aromatic carbocycles. The second-order valence-corrected chi connectivity index (χ2v) is 5.37. The maximum Gasteiger partial charge on any atom is 0.252 e. The lowest BCUT2D eigenvalue weighted by atomic mass is 10.2. The summed E-state index contributed by atoms with van der Waals surface area (Å²) in [5.41, 5.74) is 1.27. The van der Waals surface area contributed by atoms with Crippen LogP contribution in [0.25, 0.3) is 0 Å². The zero-order chi connectivity index (χ0) is 13.0. The number of nitrogens with zero attached hydrogens (tertiary/aromatic N) is 1. The Kier molecular flexibility index (Phi) is 4.46. The lowest BCUT2D eigenvalue weighted by molar-refractivity contribution is 0.0916. The molecule has 0 saturated carbocycles. The van der Waals surface area contributed by atoms with Gasteiger partial charge in [0.1, 0.15) is 0 Å². The predicted molar refractivity (Wildman–Crippen MR) is 73.5 cm³/mol. The van der Waals surface area contributed by atoms with Crippen molar-refractivity contribution in [2.75, 3.05) is 6.54 Å². The molecule has 2 rings (SSSR count). The van der Waals surface area contributed by atoms with Gasteiger partial charge in [0.2, 0.25) is 0 Å². The standard InChI is InChI=1S/C12H11BrN2O2S/c13-10-3-9(4-14-5-10)12(17)15-6-11(16)8-1-2-18-7-8/h1-5,7,11,16H,6H2,(H,15,17). The van der Waals surface area contributed by atoms with Crippen molar-refractivity contribution >= 4 is 33.2 Å². The highest BCUT2D eigenvalue weighted by Crippen LogP contribution is 2.15. The van der Waals surface area contributed by atoms with Crippen molar-refractivity contribution in [3.8, 4) is 0 Å². The summed E-state index contributed by atoms with van der Waals surface area (Å²) in [6, 6.07) is 3.52. The van der Waals surface area contributed by atoms with Crippen LogP contribution < -0.4 is 5.32 Å². The van der Waals surface area contributed by atoms with Crippen molar-refractivity contribution in [3.63, 3.8) is 0 Å². The summed E-state index contributed by atoms with van der Waals surface area (Å²) >= 11 is 4.76. The fourth-order valence-corrected chi connectivity index (χ4v) is 2.48. The number of aliphatic hydroxyl groups is 1. The largest absolute Gasteiger partial charge is 0.387 e. The van der Waals surface area contributed by atoms with E-state index < -0.39 is 6.10 Å². The number of aliphatic hydroxyl groups excluding tert-OH is 1. The summed E-state index contributed by atoms with van der Waals surface area (Å²) in [5.74, 6) is -0.252. The van der Waals surface area contributed by atoms with Gasteiger partial charge in [-0.15, -0.1) is 0 Å². The van der Waals surface area contributed by atoms with Crippen LogP contribution >= 0.6 is 27.3 Å². The van der Waals surface area contributed by atoms with Crippen LogP contribution in [-0.4, -0.2) is 22.5 Å². The molecule has 1 unspecified atom stereocenters. The highest BCUT2D eigenvalue weighted by Gasteiger charge is 2.11. The summed E-state index contributed by atoms with van der Waals surface area (Å²) in [5, 5.41) is 16.2. The van der Waals surface area contributed by atoms with Crippen molar-refractivity contribution in [1.29, 1.82) is 0 Å². The third-order valence-corrected chi connectivity index (χ3v) is 3.49. The highest BCUT2D eigenvalue weighted by molar-refractivity contribution is 9.10. The summed E-state index contributed by atoms with van der Waals surface area (Å²) in [4.78, 5) is 15.7. The highest BCUT2D eigenvalue weighted by atomic mass is 79.9. The average Bonchev–Trinajstić information content (AvgIpc) is 2.89. The number of pyridine rings is 1. The molecule has 4 nitrogen and oxygen atoms in total. The second-order valence-electron chi connectivity index (χ2n) is 3.67. The first-order valence-corrected chi connectivity index (χ1v) is 6.99. The molecular formula is C12H11BrN2O2S. The minimum atomic E-state index is -0.680. The molecule has 0 radical (unpaired) electrons. The Morgan fingerprint density at radius 1 is 1.56 bits per heavy atom. The molecule has 2 heterocycles. The maximum absolute atomic E-state index is 11.8. The van der Waals surface area contributed by atoms with E-state index in [0.717, 1.165) is 10.0 Å². The summed E-state index contributed by atoms with van der Waals surface area (Å²) in [7, 11) is 0. The van der Waals surface area contributed by atoms with Crippen LogP contribution in [0.3, 0.4) is 0 Å². The number of hydrogen-bond acceptors (Lipinski definition) is 4. The maximum atomic E-state index is 11.8. The number of halogens is 1. The van der Waals surface area contributed by atoms with Gasteiger partial charge in [-0.05, 0) is 44.4 Å². The second kappa shape index (κ2) is 6.08. The number of carbonyl (C=O) groups excluding carboxylic acids is 1. The fraction of sp³-hybridized carbons (Fsp3) is 0.167. The average molecular weight is 327 g/mol. The molecule has 2 aromatic rings. The zero-order valence-corrected chi connectivity index (χ0v) is 11.7. The molecule has 0 aliphatic heterocycles. The molecular weight excluding hydrogens is 316 g/mol. The molecule has 0 aliphatic carbocycles. The van der Waals surface area contributed by atoms with Gasteiger partial charge in [-0.1, -0.05) is 0 Å². The lowest BCUT2D eigenvalue weighted by Crippen LogP contribution is -2.28. The molecule has 2 N–H and O–H groups in total. The Morgan fingerprint density at radius 3 is 3.06 bits per heavy atom. The van der Waals surface area contributed by atoms with Gasteiger partial charge in [-0.3, -0.25) is 9.78 Å². The number of amides is 1. The summed E-state index contributed by atoms with van der Waals surface area (Å²) in [6.45, 7) is 0.183. The Labute approximate surface area is 117 Å². The summed E-state index contributed by atoms with van der Waals surface area (Å²) < 4.78 is 0.744. The quantitative estimate of drug-likeness (QED) is 0.906. The van der Waals surface area contributed by atoms with Crippen LogP contribution in [0.5, 0.6) is 0 Å².